The third kappa shape index (κ3) is 11.8. The van der Waals surface area contributed by atoms with Crippen molar-refractivity contribution in [2.24, 2.45) is 0 Å². The number of para-hydroxylation sites is 8. The molecule has 4 nitrogen and oxygen atoms in total. The molecule has 104 heavy (non-hydrogen) atoms. The number of rotatable bonds is 17. The topological polar surface area (TPSA) is 13.0 Å². The first-order valence-corrected chi connectivity index (χ1v) is 35.6. The van der Waals surface area contributed by atoms with Gasteiger partial charge in [0.2, 0.25) is 0 Å². The van der Waals surface area contributed by atoms with Crippen molar-refractivity contribution < 1.29 is 0 Å². The largest absolute Gasteiger partial charge is 0.310 e. The summed E-state index contributed by atoms with van der Waals surface area (Å²) in [6.45, 7) is 0. The molecule has 0 fully saturated rings. The van der Waals surface area contributed by atoms with Crippen LogP contribution in [0.2, 0.25) is 0 Å². The van der Waals surface area contributed by atoms with Gasteiger partial charge in [-0.2, -0.15) is 0 Å². The van der Waals surface area contributed by atoms with E-state index in [-0.39, 0.29) is 0 Å². The van der Waals surface area contributed by atoms with Gasteiger partial charge in [0.15, 0.2) is 0 Å². The van der Waals surface area contributed by atoms with Crippen molar-refractivity contribution in [1.82, 2.24) is 0 Å². The zero-order chi connectivity index (χ0) is 69.1. The van der Waals surface area contributed by atoms with Crippen LogP contribution in [0.15, 0.2) is 425 Å². The van der Waals surface area contributed by atoms with E-state index in [2.05, 4.69) is 444 Å². The molecule has 0 radical (unpaired) electrons. The standard InChI is InChI=1S/C100H70N4/c1-9-33-77(34-10-1)101(78-35-11-2-12-36-78)85-65-75(66-86(69-85)102(79-37-13-3-14-38-79)80-39-15-4-16-40-80)71-57-61-73(62-58-71)97-89-49-25-29-53-93(89)99(94-54-30-26-50-90(94)97)100-95-55-31-27-51-91(95)98(92-52-28-32-56-96(92)100)74-63-59-72(60-64-74)76-67-87(103(81-41-17-5-18-42-81)82-43-19-6-20-44-82)70-88(68-76)104(83-45-21-7-22-46-83)84-47-23-8-24-48-84/h1-70H. The first-order valence-electron chi connectivity index (χ1n) is 35.6. The van der Waals surface area contributed by atoms with Gasteiger partial charge < -0.3 is 19.6 Å². The van der Waals surface area contributed by atoms with E-state index in [4.69, 9.17) is 0 Å². The third-order valence-electron chi connectivity index (χ3n) is 20.1. The Bertz CT molecular complexity index is 5210. The second-order valence-electron chi connectivity index (χ2n) is 26.3. The van der Waals surface area contributed by atoms with Gasteiger partial charge in [0.05, 0.1) is 0 Å². The molecule has 0 N–H and O–H groups in total. The molecule has 4 heteroatoms. The van der Waals surface area contributed by atoms with Crippen molar-refractivity contribution >= 4 is 111 Å². The average molecular weight is 1330 g/mol. The van der Waals surface area contributed by atoms with Crippen molar-refractivity contribution in [1.29, 1.82) is 0 Å². The van der Waals surface area contributed by atoms with Crippen molar-refractivity contribution in [2.75, 3.05) is 19.6 Å². The van der Waals surface area contributed by atoms with Crippen molar-refractivity contribution in [3.05, 3.63) is 425 Å². The van der Waals surface area contributed by atoms with Gasteiger partial charge in [-0.05, 0) is 232 Å². The highest BCUT2D eigenvalue weighted by Gasteiger charge is 2.26. The molecule has 0 aliphatic carbocycles. The lowest BCUT2D eigenvalue weighted by Gasteiger charge is -2.30. The summed E-state index contributed by atoms with van der Waals surface area (Å²) in [5.74, 6) is 0. The van der Waals surface area contributed by atoms with Crippen LogP contribution in [0.5, 0.6) is 0 Å². The molecule has 18 aromatic carbocycles. The molecule has 0 bridgehead atoms. The highest BCUT2D eigenvalue weighted by atomic mass is 15.2. The highest BCUT2D eigenvalue weighted by Crippen LogP contribution is 2.52. The fourth-order valence-electron chi connectivity index (χ4n) is 15.5. The van der Waals surface area contributed by atoms with Gasteiger partial charge in [-0.25, -0.2) is 0 Å². The zero-order valence-electron chi connectivity index (χ0n) is 57.2. The van der Waals surface area contributed by atoms with Crippen molar-refractivity contribution in [2.45, 2.75) is 0 Å². The van der Waals surface area contributed by atoms with Crippen molar-refractivity contribution in [3.8, 4) is 55.6 Å². The molecule has 0 aromatic heterocycles. The summed E-state index contributed by atoms with van der Waals surface area (Å²) in [7, 11) is 0. The molecule has 0 aliphatic rings. The van der Waals surface area contributed by atoms with Gasteiger partial charge in [-0.3, -0.25) is 0 Å². The molecule has 0 amide bonds. The van der Waals surface area contributed by atoms with Crippen LogP contribution in [0, 0.1) is 0 Å². The van der Waals surface area contributed by atoms with Gasteiger partial charge in [0.25, 0.3) is 0 Å². The molecule has 18 rings (SSSR count). The summed E-state index contributed by atoms with van der Waals surface area (Å²) in [6.07, 6.45) is 0. The van der Waals surface area contributed by atoms with Crippen LogP contribution < -0.4 is 19.6 Å². The Kier molecular flexibility index (Phi) is 16.6. The predicted molar refractivity (Wildman–Crippen MR) is 442 cm³/mol. The zero-order valence-corrected chi connectivity index (χ0v) is 57.2. The monoisotopic (exact) mass is 1330 g/mol. The number of anilines is 12. The van der Waals surface area contributed by atoms with E-state index in [1.165, 1.54) is 65.3 Å². The summed E-state index contributed by atoms with van der Waals surface area (Å²) >= 11 is 0. The molecule has 490 valence electrons. The Morgan fingerprint density at radius 1 is 0.106 bits per heavy atom. The lowest BCUT2D eigenvalue weighted by atomic mass is 9.81. The number of hydrogen-bond acceptors (Lipinski definition) is 4. The van der Waals surface area contributed by atoms with Crippen LogP contribution in [0.1, 0.15) is 0 Å². The van der Waals surface area contributed by atoms with E-state index < -0.39 is 0 Å². The molecule has 0 spiro atoms. The second kappa shape index (κ2) is 27.7. The maximum absolute atomic E-state index is 2.36. The summed E-state index contributed by atoms with van der Waals surface area (Å²) in [5.41, 5.74) is 24.4. The molecule has 0 saturated heterocycles. The maximum Gasteiger partial charge on any atom is 0.0488 e. The van der Waals surface area contributed by atoms with Crippen LogP contribution in [0.4, 0.5) is 68.2 Å². The first-order chi connectivity index (χ1) is 51.6. The lowest BCUT2D eigenvalue weighted by Crippen LogP contribution is -2.13. The fourth-order valence-corrected chi connectivity index (χ4v) is 15.5. The van der Waals surface area contributed by atoms with Gasteiger partial charge >= 0.3 is 0 Å². The molecule has 0 atom stereocenters. The van der Waals surface area contributed by atoms with E-state index in [0.29, 0.717) is 0 Å². The normalized spacial score (nSPS) is 11.3. The smallest absolute Gasteiger partial charge is 0.0488 e. The van der Waals surface area contributed by atoms with Gasteiger partial charge in [-0.1, -0.05) is 291 Å². The minimum Gasteiger partial charge on any atom is -0.310 e. The molecular weight excluding hydrogens is 1260 g/mol. The first kappa shape index (κ1) is 62.5. The Balaban J connectivity index is 0.767. The van der Waals surface area contributed by atoms with Crippen LogP contribution in [-0.4, -0.2) is 0 Å². The quantitative estimate of drug-likeness (QED) is 0.0843. The van der Waals surface area contributed by atoms with E-state index >= 15 is 0 Å². The summed E-state index contributed by atoms with van der Waals surface area (Å²) < 4.78 is 0. The minimum atomic E-state index is 1.05. The van der Waals surface area contributed by atoms with Gasteiger partial charge in [0, 0.05) is 68.2 Å². The Labute approximate surface area is 607 Å². The fraction of sp³-hybridized carbons (Fsp3) is 0. The van der Waals surface area contributed by atoms with Crippen LogP contribution >= 0.6 is 0 Å². The number of hydrogen-bond donors (Lipinski definition) is 0. The molecular formula is C100H70N4. The maximum atomic E-state index is 2.36. The summed E-state index contributed by atoms with van der Waals surface area (Å²) in [4.78, 5) is 9.45. The number of benzene rings is 18. The lowest BCUT2D eigenvalue weighted by molar-refractivity contribution is 1.25. The molecule has 18 aromatic rings. The van der Waals surface area contributed by atoms with Crippen LogP contribution in [0.3, 0.4) is 0 Å². The molecule has 0 unspecified atom stereocenters. The number of nitrogens with zero attached hydrogens (tertiary/aromatic N) is 4. The summed E-state index contributed by atoms with van der Waals surface area (Å²) in [5, 5.41) is 9.63. The van der Waals surface area contributed by atoms with E-state index in [1.54, 1.807) is 0 Å². The SMILES string of the molecule is c1ccc(N(c2ccccc2)c2cc(-c3ccc(-c4c5ccccc5c(-c5c6ccccc6c(-c6ccc(-c7cc(N(c8ccccc8)c8ccccc8)cc(N(c8ccccc8)c8ccccc8)c7)cc6)c6ccccc56)c5ccccc45)cc3)cc(N(c3ccccc3)c3ccccc3)c2)cc1. The third-order valence-corrected chi connectivity index (χ3v) is 20.1. The highest BCUT2D eigenvalue weighted by molar-refractivity contribution is 6.30. The van der Waals surface area contributed by atoms with Gasteiger partial charge in [-0.15, -0.1) is 0 Å². The molecule has 0 saturated carbocycles. The minimum absolute atomic E-state index is 1.05. The van der Waals surface area contributed by atoms with Crippen LogP contribution in [-0.2, 0) is 0 Å². The number of fused-ring (bicyclic) bond motifs is 4. The van der Waals surface area contributed by atoms with Crippen LogP contribution in [0.25, 0.3) is 98.7 Å². The Morgan fingerprint density at radius 3 is 0.442 bits per heavy atom. The van der Waals surface area contributed by atoms with E-state index in [9.17, 15) is 0 Å². The Morgan fingerprint density at radius 2 is 0.260 bits per heavy atom. The molecule has 0 aliphatic heterocycles. The second-order valence-corrected chi connectivity index (χ2v) is 26.3. The Hall–Kier alpha value is -13.8. The van der Waals surface area contributed by atoms with E-state index in [1.807, 2.05) is 0 Å². The van der Waals surface area contributed by atoms with Crippen molar-refractivity contribution in [3.63, 3.8) is 0 Å². The predicted octanol–water partition coefficient (Wildman–Crippen LogP) is 28.5. The van der Waals surface area contributed by atoms with E-state index in [0.717, 1.165) is 102 Å². The van der Waals surface area contributed by atoms with Gasteiger partial charge in [0.1, 0.15) is 0 Å². The average Bonchev–Trinajstić information content (AvgIpc) is 0.713. The molecule has 0 heterocycles. The summed E-state index contributed by atoms with van der Waals surface area (Å²) in [6, 6.07) is 155.